The second-order valence-electron chi connectivity index (χ2n) is 11.3. The first-order valence-corrected chi connectivity index (χ1v) is 13.7. The first-order chi connectivity index (χ1) is 18.0. The maximum absolute atomic E-state index is 13.1. The Kier molecular flexibility index (Phi) is 7.60. The van der Waals surface area contributed by atoms with E-state index in [1.54, 1.807) is 6.92 Å². The molecule has 11 atom stereocenters. The summed E-state index contributed by atoms with van der Waals surface area (Å²) in [6.07, 6.45) is -5.51. The largest absolute Gasteiger partial charge is 0.462 e. The predicted molar refractivity (Wildman–Crippen MR) is 134 cm³/mol. The zero-order valence-electron chi connectivity index (χ0n) is 22.4. The van der Waals surface area contributed by atoms with Crippen molar-refractivity contribution in [2.75, 3.05) is 5.88 Å². The molecule has 0 amide bonds. The Morgan fingerprint density at radius 3 is 2.18 bits per heavy atom. The first kappa shape index (κ1) is 30.0. The molecule has 0 aromatic carbocycles. The third-order valence-electron chi connectivity index (χ3n) is 8.99. The van der Waals surface area contributed by atoms with Crippen LogP contribution in [0.15, 0.2) is 12.2 Å². The number of fused-ring (bicyclic) bond motifs is 2. The van der Waals surface area contributed by atoms with Gasteiger partial charge in [0.2, 0.25) is 0 Å². The lowest BCUT2D eigenvalue weighted by atomic mass is 9.50. The molecule has 1 spiro atoms. The second kappa shape index (κ2) is 9.87. The SMILES string of the molecule is C=C1[C@H](Cl)[C@@H]2OC(=O)[C@H](C)[C@]23O[C@@]1(O)C[C@H](OC(C)=O)[C@@]1(C)[C@@H](OC(C)=O)CC[C@](O)(CCl)[C@@H]1[C@@H]3OC(C)=O. The van der Waals surface area contributed by atoms with Crippen molar-refractivity contribution in [1.29, 1.82) is 0 Å². The van der Waals surface area contributed by atoms with Crippen LogP contribution in [-0.2, 0) is 42.9 Å². The highest BCUT2D eigenvalue weighted by Crippen LogP contribution is 2.63. The molecule has 1 aliphatic carbocycles. The molecule has 218 valence electrons. The van der Waals surface area contributed by atoms with Gasteiger partial charge in [-0.3, -0.25) is 19.2 Å². The average Bonchev–Trinajstić information content (AvgIpc) is 3.08. The van der Waals surface area contributed by atoms with Crippen LogP contribution >= 0.6 is 23.2 Å². The van der Waals surface area contributed by atoms with Gasteiger partial charge in [0.05, 0.1) is 28.2 Å². The minimum absolute atomic E-state index is 0.00945. The summed E-state index contributed by atoms with van der Waals surface area (Å²) in [6, 6.07) is 0. The standard InChI is InChI=1S/C26H34Cl2O11/c1-11-18(28)20-26(12(2)22(32)38-20)21(37-15(5)31)19-23(6,17(36-14(4)30)9-25(11,34)39-26)16(35-13(3)29)7-8-24(19,33)10-27/h12,16-21,33-34H,1,7-10H2,2-6H3/t12-,16-,17-,18-,19+,20-,21-,23+,24-,25-,26-/m0/s1. The summed E-state index contributed by atoms with van der Waals surface area (Å²) >= 11 is 13.1. The maximum atomic E-state index is 13.1. The first-order valence-electron chi connectivity index (χ1n) is 12.7. The highest BCUT2D eigenvalue weighted by molar-refractivity contribution is 6.23. The van der Waals surface area contributed by atoms with Gasteiger partial charge in [0.1, 0.15) is 18.3 Å². The van der Waals surface area contributed by atoms with E-state index in [0.29, 0.717) is 0 Å². The quantitative estimate of drug-likeness (QED) is 0.212. The fourth-order valence-corrected chi connectivity index (χ4v) is 7.92. The zero-order chi connectivity index (χ0) is 29.3. The molecule has 0 aromatic heterocycles. The highest BCUT2D eigenvalue weighted by atomic mass is 35.5. The second-order valence-corrected chi connectivity index (χ2v) is 12.0. The lowest BCUT2D eigenvalue weighted by Gasteiger charge is -2.64. The van der Waals surface area contributed by atoms with Crippen LogP contribution in [0, 0.1) is 17.3 Å². The van der Waals surface area contributed by atoms with E-state index in [2.05, 4.69) is 6.58 Å². The number of hydrogen-bond donors (Lipinski definition) is 2. The van der Waals surface area contributed by atoms with Gasteiger partial charge in [-0.15, -0.1) is 23.2 Å². The normalized spacial score (nSPS) is 47.1. The van der Waals surface area contributed by atoms with Crippen LogP contribution in [0.1, 0.15) is 53.9 Å². The summed E-state index contributed by atoms with van der Waals surface area (Å²) < 4.78 is 29.4. The zero-order valence-corrected chi connectivity index (χ0v) is 23.9. The Balaban J connectivity index is 2.11. The molecule has 1 saturated carbocycles. The average molecular weight is 593 g/mol. The molecule has 4 rings (SSSR count). The Morgan fingerprint density at radius 2 is 1.64 bits per heavy atom. The molecule has 11 nitrogen and oxygen atoms in total. The molecule has 2 bridgehead atoms. The van der Waals surface area contributed by atoms with E-state index >= 15 is 0 Å². The van der Waals surface area contributed by atoms with Crippen molar-refractivity contribution in [3.05, 3.63) is 12.2 Å². The smallest absolute Gasteiger partial charge is 0.312 e. The van der Waals surface area contributed by atoms with Gasteiger partial charge in [-0.1, -0.05) is 13.5 Å². The van der Waals surface area contributed by atoms with Crippen LogP contribution in [0.5, 0.6) is 0 Å². The number of esters is 4. The molecule has 39 heavy (non-hydrogen) atoms. The van der Waals surface area contributed by atoms with Crippen molar-refractivity contribution >= 4 is 47.1 Å². The topological polar surface area (TPSA) is 155 Å². The lowest BCUT2D eigenvalue weighted by molar-refractivity contribution is -0.361. The van der Waals surface area contributed by atoms with Gasteiger partial charge in [-0.05, 0) is 19.8 Å². The van der Waals surface area contributed by atoms with E-state index in [-0.39, 0.29) is 24.3 Å². The molecule has 13 heteroatoms. The van der Waals surface area contributed by atoms with Gasteiger partial charge >= 0.3 is 23.9 Å². The molecule has 2 N–H and O–H groups in total. The number of aliphatic hydroxyl groups is 2. The minimum Gasteiger partial charge on any atom is -0.462 e. The van der Waals surface area contributed by atoms with Crippen molar-refractivity contribution in [3.63, 3.8) is 0 Å². The summed E-state index contributed by atoms with van der Waals surface area (Å²) in [5, 5.41) is 22.9. The summed E-state index contributed by atoms with van der Waals surface area (Å²) in [7, 11) is 0. The van der Waals surface area contributed by atoms with Crippen LogP contribution in [-0.4, -0.2) is 86.8 Å². The van der Waals surface area contributed by atoms with Crippen LogP contribution in [0.3, 0.4) is 0 Å². The van der Waals surface area contributed by atoms with Gasteiger partial charge in [0, 0.05) is 38.7 Å². The van der Waals surface area contributed by atoms with Gasteiger partial charge in [-0.2, -0.15) is 0 Å². The van der Waals surface area contributed by atoms with Crippen molar-refractivity contribution in [1.82, 2.24) is 0 Å². The van der Waals surface area contributed by atoms with E-state index in [1.807, 2.05) is 0 Å². The van der Waals surface area contributed by atoms with Gasteiger partial charge in [0.25, 0.3) is 0 Å². The molecule has 3 saturated heterocycles. The molecular formula is C26H34Cl2O11. The van der Waals surface area contributed by atoms with E-state index < -0.39 is 94.3 Å². The van der Waals surface area contributed by atoms with E-state index in [4.69, 9.17) is 46.9 Å². The molecule has 3 aliphatic heterocycles. The van der Waals surface area contributed by atoms with Crippen molar-refractivity contribution < 1.29 is 53.1 Å². The molecular weight excluding hydrogens is 559 g/mol. The molecule has 4 aliphatic rings. The van der Waals surface area contributed by atoms with E-state index in [1.165, 1.54) is 13.8 Å². The van der Waals surface area contributed by atoms with E-state index in [9.17, 15) is 29.4 Å². The summed E-state index contributed by atoms with van der Waals surface area (Å²) in [4.78, 5) is 50.4. The minimum atomic E-state index is -2.31. The number of carbonyl (C=O) groups is 4. The predicted octanol–water partition coefficient (Wildman–Crippen LogP) is 1.75. The number of alkyl halides is 2. The Bertz CT molecular complexity index is 1100. The van der Waals surface area contributed by atoms with Crippen molar-refractivity contribution in [3.8, 4) is 0 Å². The highest BCUT2D eigenvalue weighted by Gasteiger charge is 2.78. The molecule has 0 unspecified atom stereocenters. The number of carbonyl (C=O) groups excluding carboxylic acids is 4. The number of halogens is 2. The van der Waals surface area contributed by atoms with Crippen molar-refractivity contribution in [2.24, 2.45) is 17.3 Å². The Hall–Kier alpha value is -1.92. The van der Waals surface area contributed by atoms with Gasteiger partial charge < -0.3 is 33.9 Å². The van der Waals surface area contributed by atoms with Gasteiger partial charge in [0.15, 0.2) is 17.5 Å². The lowest BCUT2D eigenvalue weighted by Crippen LogP contribution is -2.78. The van der Waals surface area contributed by atoms with E-state index in [0.717, 1.165) is 13.8 Å². The Morgan fingerprint density at radius 1 is 1.08 bits per heavy atom. The fraction of sp³-hybridized carbons (Fsp3) is 0.769. The van der Waals surface area contributed by atoms with Crippen LogP contribution in [0.2, 0.25) is 0 Å². The maximum Gasteiger partial charge on any atom is 0.312 e. The van der Waals surface area contributed by atoms with Crippen LogP contribution in [0.4, 0.5) is 0 Å². The van der Waals surface area contributed by atoms with Gasteiger partial charge in [-0.25, -0.2) is 0 Å². The number of ether oxygens (including phenoxy) is 5. The Labute approximate surface area is 236 Å². The van der Waals surface area contributed by atoms with Crippen LogP contribution in [0.25, 0.3) is 0 Å². The fourth-order valence-electron chi connectivity index (χ4n) is 7.20. The molecule has 4 fully saturated rings. The number of rotatable bonds is 4. The monoisotopic (exact) mass is 592 g/mol. The van der Waals surface area contributed by atoms with Crippen LogP contribution < -0.4 is 0 Å². The summed E-state index contributed by atoms with van der Waals surface area (Å²) in [5.74, 6) is -8.03. The number of hydrogen-bond acceptors (Lipinski definition) is 11. The third kappa shape index (κ3) is 4.36. The van der Waals surface area contributed by atoms with Crippen molar-refractivity contribution in [2.45, 2.75) is 101 Å². The molecule has 3 heterocycles. The summed E-state index contributed by atoms with van der Waals surface area (Å²) in [6.45, 7) is 10.5. The molecule has 0 radical (unpaired) electrons. The third-order valence-corrected chi connectivity index (χ3v) is 9.95. The summed E-state index contributed by atoms with van der Waals surface area (Å²) in [5.41, 5.74) is -5.36. The molecule has 0 aromatic rings.